The molecule has 0 radical (unpaired) electrons. The minimum Gasteiger partial charge on any atom is -0.507 e. The van der Waals surface area contributed by atoms with E-state index in [0.29, 0.717) is 23.0 Å². The molecule has 0 amide bonds. The van der Waals surface area contributed by atoms with Gasteiger partial charge in [-0.3, -0.25) is 0 Å². The van der Waals surface area contributed by atoms with E-state index in [1.807, 2.05) is 24.3 Å². The lowest BCUT2D eigenvalue weighted by Gasteiger charge is -2.18. The Bertz CT molecular complexity index is 700. The Morgan fingerprint density at radius 3 is 1.30 bits per heavy atom. The lowest BCUT2D eigenvalue weighted by atomic mass is 9.88. The largest absolute Gasteiger partial charge is 0.507 e. The van der Waals surface area contributed by atoms with Gasteiger partial charge >= 0.3 is 0 Å². The first-order chi connectivity index (χ1) is 14.5. The van der Waals surface area contributed by atoms with Gasteiger partial charge in [0.05, 0.1) is 0 Å². The van der Waals surface area contributed by atoms with E-state index in [1.54, 1.807) is 0 Å². The zero-order valence-electron chi connectivity index (χ0n) is 19.6. The van der Waals surface area contributed by atoms with Gasteiger partial charge in [0.1, 0.15) is 11.5 Å². The van der Waals surface area contributed by atoms with Gasteiger partial charge in [0.15, 0.2) is 0 Å². The number of phenolic OH excluding ortho intramolecular Hbond substituents is 2. The van der Waals surface area contributed by atoms with Crippen molar-refractivity contribution < 1.29 is 10.2 Å². The first-order valence-corrected chi connectivity index (χ1v) is 12.2. The summed E-state index contributed by atoms with van der Waals surface area (Å²) < 4.78 is 0. The summed E-state index contributed by atoms with van der Waals surface area (Å²) in [5.74, 6) is 1.50. The van der Waals surface area contributed by atoms with Crippen LogP contribution in [0.2, 0.25) is 0 Å². The summed E-state index contributed by atoms with van der Waals surface area (Å²) in [6.45, 7) is 8.90. The Balaban J connectivity index is 2.20. The molecule has 0 saturated carbocycles. The van der Waals surface area contributed by atoms with Crippen molar-refractivity contribution in [2.24, 2.45) is 0 Å². The topological polar surface area (TPSA) is 40.5 Å². The Hall–Kier alpha value is -1.96. The molecule has 166 valence electrons. The highest BCUT2D eigenvalue weighted by Gasteiger charge is 2.16. The molecule has 30 heavy (non-hydrogen) atoms. The normalized spacial score (nSPS) is 13.3. The number of unbranched alkanes of at least 4 members (excludes halogenated alkanes) is 4. The van der Waals surface area contributed by atoms with E-state index >= 15 is 0 Å². The highest BCUT2D eigenvalue weighted by molar-refractivity contribution is 5.76. The van der Waals surface area contributed by atoms with E-state index in [4.69, 9.17) is 0 Å². The first kappa shape index (κ1) is 24.3. The molecule has 0 bridgehead atoms. The van der Waals surface area contributed by atoms with Crippen molar-refractivity contribution in [2.75, 3.05) is 0 Å². The van der Waals surface area contributed by atoms with Crippen LogP contribution in [0.5, 0.6) is 11.5 Å². The van der Waals surface area contributed by atoms with Crippen molar-refractivity contribution in [3.8, 4) is 22.6 Å². The molecule has 0 spiro atoms. The smallest absolute Gasteiger partial charge is 0.123 e. The van der Waals surface area contributed by atoms with E-state index in [9.17, 15) is 10.2 Å². The van der Waals surface area contributed by atoms with E-state index < -0.39 is 0 Å². The molecule has 2 N–H and O–H groups in total. The monoisotopic (exact) mass is 410 g/mol. The van der Waals surface area contributed by atoms with Crippen LogP contribution in [0.3, 0.4) is 0 Å². The molecule has 2 atom stereocenters. The third-order valence-electron chi connectivity index (χ3n) is 6.57. The molecular weight excluding hydrogens is 368 g/mol. The first-order valence-electron chi connectivity index (χ1n) is 12.2. The molecule has 0 aliphatic carbocycles. The second-order valence-electron chi connectivity index (χ2n) is 8.76. The number of phenols is 2. The maximum absolute atomic E-state index is 10.7. The lowest BCUT2D eigenvalue weighted by Crippen LogP contribution is -1.99. The minimum absolute atomic E-state index is 0.263. The summed E-state index contributed by atoms with van der Waals surface area (Å²) in [6.07, 6.45) is 11.9. The van der Waals surface area contributed by atoms with Crippen LogP contribution in [0.15, 0.2) is 36.4 Å². The van der Waals surface area contributed by atoms with Gasteiger partial charge < -0.3 is 10.2 Å². The summed E-state index contributed by atoms with van der Waals surface area (Å²) in [5.41, 5.74) is 3.83. The van der Waals surface area contributed by atoms with Crippen LogP contribution in [0.4, 0.5) is 0 Å². The number of aromatic hydroxyl groups is 2. The summed E-state index contributed by atoms with van der Waals surface area (Å²) in [5, 5.41) is 21.5. The fraction of sp³-hybridized carbons (Fsp3) is 0.571. The molecular formula is C28H42O2. The average Bonchev–Trinajstić information content (AvgIpc) is 2.75. The third-order valence-corrected chi connectivity index (χ3v) is 6.57. The fourth-order valence-corrected chi connectivity index (χ4v) is 4.56. The lowest BCUT2D eigenvalue weighted by molar-refractivity contribution is 0.465. The highest BCUT2D eigenvalue weighted by atomic mass is 16.3. The molecule has 0 aliphatic heterocycles. The van der Waals surface area contributed by atoms with Crippen molar-refractivity contribution in [1.82, 2.24) is 0 Å². The van der Waals surface area contributed by atoms with E-state index in [1.165, 1.54) is 62.5 Å². The molecule has 0 aliphatic rings. The maximum atomic E-state index is 10.7. The SMILES string of the molecule is CCCCCC(CC)c1ccc(-c2ccc(C(CC)CCCCC)cc2O)c(O)c1. The van der Waals surface area contributed by atoms with Crippen LogP contribution in [0.25, 0.3) is 11.1 Å². The van der Waals surface area contributed by atoms with Crippen LogP contribution in [-0.4, -0.2) is 10.2 Å². The molecule has 2 nitrogen and oxygen atoms in total. The third kappa shape index (κ3) is 6.52. The quantitative estimate of drug-likeness (QED) is 0.324. The molecule has 0 heterocycles. The van der Waals surface area contributed by atoms with Crippen molar-refractivity contribution in [3.63, 3.8) is 0 Å². The number of hydrogen-bond donors (Lipinski definition) is 2. The molecule has 2 rings (SSSR count). The second kappa shape index (κ2) is 12.7. The van der Waals surface area contributed by atoms with Gasteiger partial charge in [-0.15, -0.1) is 0 Å². The Morgan fingerprint density at radius 2 is 1.00 bits per heavy atom. The zero-order valence-corrected chi connectivity index (χ0v) is 19.6. The Morgan fingerprint density at radius 1 is 0.600 bits per heavy atom. The van der Waals surface area contributed by atoms with E-state index in [0.717, 1.165) is 12.8 Å². The molecule has 2 aromatic carbocycles. The second-order valence-corrected chi connectivity index (χ2v) is 8.76. The van der Waals surface area contributed by atoms with Crippen LogP contribution in [0, 0.1) is 0 Å². The molecule has 2 unspecified atom stereocenters. The van der Waals surface area contributed by atoms with Gasteiger partial charge in [-0.2, -0.15) is 0 Å². The molecule has 0 saturated heterocycles. The van der Waals surface area contributed by atoms with Crippen LogP contribution in [-0.2, 0) is 0 Å². The minimum atomic E-state index is 0.263. The average molecular weight is 411 g/mol. The highest BCUT2D eigenvalue weighted by Crippen LogP contribution is 2.40. The van der Waals surface area contributed by atoms with Crippen LogP contribution < -0.4 is 0 Å². The van der Waals surface area contributed by atoms with Crippen molar-refractivity contribution in [2.45, 2.75) is 104 Å². The van der Waals surface area contributed by atoms with Gasteiger partial charge in [-0.05, 0) is 60.8 Å². The zero-order chi connectivity index (χ0) is 21.9. The summed E-state index contributed by atoms with van der Waals surface area (Å²) in [6, 6.07) is 12.0. The number of benzene rings is 2. The van der Waals surface area contributed by atoms with Gasteiger partial charge in [-0.25, -0.2) is 0 Å². The standard InChI is InChI=1S/C28H42O2/c1-5-9-11-13-21(7-3)23-15-17-25(27(29)19-23)26-18-16-24(20-28(26)30)22(8-4)14-12-10-6-2/h15-22,29-30H,5-14H2,1-4H3. The predicted octanol–water partition coefficient (Wildman–Crippen LogP) is 8.91. The predicted molar refractivity (Wildman–Crippen MR) is 130 cm³/mol. The van der Waals surface area contributed by atoms with Crippen LogP contribution in [0.1, 0.15) is 115 Å². The summed E-state index contributed by atoms with van der Waals surface area (Å²) >= 11 is 0. The molecule has 0 fully saturated rings. The maximum Gasteiger partial charge on any atom is 0.123 e. The summed E-state index contributed by atoms with van der Waals surface area (Å²) in [7, 11) is 0. The number of rotatable bonds is 13. The van der Waals surface area contributed by atoms with Crippen molar-refractivity contribution in [3.05, 3.63) is 47.5 Å². The molecule has 2 heteroatoms. The van der Waals surface area contributed by atoms with Crippen molar-refractivity contribution in [1.29, 1.82) is 0 Å². The molecule has 0 aromatic heterocycles. The van der Waals surface area contributed by atoms with Crippen LogP contribution >= 0.6 is 0 Å². The summed E-state index contributed by atoms with van der Waals surface area (Å²) in [4.78, 5) is 0. The van der Waals surface area contributed by atoms with E-state index in [2.05, 4.69) is 39.8 Å². The van der Waals surface area contributed by atoms with Gasteiger partial charge in [0, 0.05) is 11.1 Å². The van der Waals surface area contributed by atoms with Gasteiger partial charge in [-0.1, -0.05) is 90.5 Å². The molecule has 2 aromatic rings. The van der Waals surface area contributed by atoms with Crippen molar-refractivity contribution >= 4 is 0 Å². The Labute approximate surface area is 184 Å². The van der Waals surface area contributed by atoms with Gasteiger partial charge in [0.25, 0.3) is 0 Å². The Kier molecular flexibility index (Phi) is 10.3. The number of hydrogen-bond acceptors (Lipinski definition) is 2. The van der Waals surface area contributed by atoms with E-state index in [-0.39, 0.29) is 11.5 Å². The van der Waals surface area contributed by atoms with Gasteiger partial charge in [0.2, 0.25) is 0 Å². The fourth-order valence-electron chi connectivity index (χ4n) is 4.56.